The molecule has 0 aromatic heterocycles. The third-order valence-corrected chi connectivity index (χ3v) is 2.46. The van der Waals surface area contributed by atoms with Crippen molar-refractivity contribution in [3.05, 3.63) is 24.3 Å². The van der Waals surface area contributed by atoms with Gasteiger partial charge >= 0.3 is 0 Å². The van der Waals surface area contributed by atoms with Gasteiger partial charge in [0.2, 0.25) is 0 Å². The predicted octanol–water partition coefficient (Wildman–Crippen LogP) is 1.97. The molecule has 0 aliphatic carbocycles. The maximum atomic E-state index is 9.01. The molecule has 0 fully saturated rings. The molecule has 0 aliphatic heterocycles. The van der Waals surface area contributed by atoms with E-state index in [-0.39, 0.29) is 6.61 Å². The van der Waals surface area contributed by atoms with Gasteiger partial charge in [-0.25, -0.2) is 0 Å². The van der Waals surface area contributed by atoms with E-state index in [4.69, 9.17) is 14.7 Å². The molecule has 1 atom stereocenters. The summed E-state index contributed by atoms with van der Waals surface area (Å²) < 4.78 is 11.1. The molecule has 1 aromatic carbocycles. The average molecular weight is 234 g/mol. The minimum absolute atomic E-state index is 0.268. The van der Waals surface area contributed by atoms with Gasteiger partial charge in [-0.1, -0.05) is 12.1 Å². The number of para-hydroxylation sites is 2. The lowest BCUT2D eigenvalue weighted by atomic mass is 10.1. The van der Waals surface area contributed by atoms with Crippen molar-refractivity contribution in [2.24, 2.45) is 0 Å². The van der Waals surface area contributed by atoms with Crippen LogP contribution in [-0.4, -0.2) is 25.8 Å². The Morgan fingerprint density at radius 1 is 1.29 bits per heavy atom. The zero-order valence-electron chi connectivity index (χ0n) is 10.5. The van der Waals surface area contributed by atoms with E-state index in [9.17, 15) is 0 Å². The van der Waals surface area contributed by atoms with Crippen LogP contribution in [0.25, 0.3) is 0 Å². The van der Waals surface area contributed by atoms with Crippen LogP contribution in [0.3, 0.4) is 0 Å². The second-order valence-corrected chi connectivity index (χ2v) is 3.86. The number of ether oxygens (including phenoxy) is 2. The third kappa shape index (κ3) is 3.65. The van der Waals surface area contributed by atoms with Gasteiger partial charge in [-0.3, -0.25) is 5.32 Å². The Morgan fingerprint density at radius 2 is 1.88 bits per heavy atom. The molecule has 1 aromatic rings. The number of likely N-dealkylation sites (N-methyl/N-ethyl adjacent to an activating group) is 1. The molecule has 0 amide bonds. The van der Waals surface area contributed by atoms with Crippen molar-refractivity contribution in [3.63, 3.8) is 0 Å². The van der Waals surface area contributed by atoms with Gasteiger partial charge in [0.1, 0.15) is 12.1 Å². The Bertz CT molecular complexity index is 401. The Morgan fingerprint density at radius 3 is 2.35 bits per heavy atom. The molecule has 0 heterocycles. The summed E-state index contributed by atoms with van der Waals surface area (Å²) in [5, 5.41) is 11.9. The first-order valence-electron chi connectivity index (χ1n) is 5.60. The topological polar surface area (TPSA) is 54.3 Å². The van der Waals surface area contributed by atoms with E-state index in [0.29, 0.717) is 18.1 Å². The van der Waals surface area contributed by atoms with E-state index >= 15 is 0 Å². The number of nitrogens with one attached hydrogen (secondary N) is 1. The fourth-order valence-electron chi connectivity index (χ4n) is 1.23. The number of nitriles is 1. The normalized spacial score (nSPS) is 13.5. The highest BCUT2D eigenvalue weighted by atomic mass is 16.5. The largest absolute Gasteiger partial charge is 0.490 e. The summed E-state index contributed by atoms with van der Waals surface area (Å²) >= 11 is 0. The molecule has 0 saturated carbocycles. The minimum atomic E-state index is -0.695. The van der Waals surface area contributed by atoms with Crippen molar-refractivity contribution in [1.29, 1.82) is 5.26 Å². The van der Waals surface area contributed by atoms with Crippen LogP contribution < -0.4 is 14.8 Å². The third-order valence-electron chi connectivity index (χ3n) is 2.46. The summed E-state index contributed by atoms with van der Waals surface area (Å²) in [6.07, 6.45) is 0. The highest BCUT2D eigenvalue weighted by molar-refractivity contribution is 5.39. The van der Waals surface area contributed by atoms with E-state index < -0.39 is 5.54 Å². The Labute approximate surface area is 102 Å². The number of hydrogen-bond donors (Lipinski definition) is 1. The molecule has 4 nitrogen and oxygen atoms in total. The van der Waals surface area contributed by atoms with Crippen molar-refractivity contribution in [3.8, 4) is 17.6 Å². The van der Waals surface area contributed by atoms with Crippen LogP contribution >= 0.6 is 0 Å². The van der Waals surface area contributed by atoms with Gasteiger partial charge in [0.05, 0.1) is 12.7 Å². The van der Waals surface area contributed by atoms with Crippen LogP contribution in [0.2, 0.25) is 0 Å². The quantitative estimate of drug-likeness (QED) is 0.817. The molecular formula is C13H18N2O2. The van der Waals surface area contributed by atoms with E-state index in [2.05, 4.69) is 11.4 Å². The zero-order valence-corrected chi connectivity index (χ0v) is 10.5. The Kier molecular flexibility index (Phi) is 4.80. The summed E-state index contributed by atoms with van der Waals surface area (Å²) in [7, 11) is 1.74. The van der Waals surface area contributed by atoms with Crippen molar-refractivity contribution < 1.29 is 9.47 Å². The first kappa shape index (κ1) is 13.3. The second-order valence-electron chi connectivity index (χ2n) is 3.86. The van der Waals surface area contributed by atoms with Crippen LogP contribution in [0.4, 0.5) is 0 Å². The lowest BCUT2D eigenvalue weighted by Gasteiger charge is -2.21. The second kappa shape index (κ2) is 6.12. The van der Waals surface area contributed by atoms with Crippen LogP contribution in [0.15, 0.2) is 24.3 Å². The molecule has 92 valence electrons. The summed E-state index contributed by atoms with van der Waals surface area (Å²) in [5.74, 6) is 1.36. The van der Waals surface area contributed by atoms with E-state index in [1.807, 2.05) is 31.2 Å². The minimum Gasteiger partial charge on any atom is -0.490 e. The van der Waals surface area contributed by atoms with Crippen molar-refractivity contribution >= 4 is 0 Å². The summed E-state index contributed by atoms with van der Waals surface area (Å²) in [6, 6.07) is 9.62. The molecule has 0 spiro atoms. The van der Waals surface area contributed by atoms with E-state index in [1.54, 1.807) is 14.0 Å². The SMILES string of the molecule is CCOc1ccccc1OCC(C)(C#N)NC. The summed E-state index contributed by atoms with van der Waals surface area (Å²) in [4.78, 5) is 0. The van der Waals surface area contributed by atoms with Crippen molar-refractivity contribution in [2.45, 2.75) is 19.4 Å². The number of rotatable bonds is 6. The monoisotopic (exact) mass is 234 g/mol. The lowest BCUT2D eigenvalue weighted by molar-refractivity contribution is 0.227. The summed E-state index contributed by atoms with van der Waals surface area (Å²) in [6.45, 7) is 4.56. The maximum absolute atomic E-state index is 9.01. The van der Waals surface area contributed by atoms with E-state index in [1.165, 1.54) is 0 Å². The molecule has 1 rings (SSSR count). The van der Waals surface area contributed by atoms with Crippen molar-refractivity contribution in [1.82, 2.24) is 5.32 Å². The predicted molar refractivity (Wildman–Crippen MR) is 66.2 cm³/mol. The van der Waals surface area contributed by atoms with Crippen molar-refractivity contribution in [2.75, 3.05) is 20.3 Å². The molecule has 1 N–H and O–H groups in total. The molecule has 4 heteroatoms. The highest BCUT2D eigenvalue weighted by Crippen LogP contribution is 2.26. The first-order valence-corrected chi connectivity index (χ1v) is 5.60. The van der Waals surface area contributed by atoms with Crippen LogP contribution in [0.1, 0.15) is 13.8 Å². The van der Waals surface area contributed by atoms with Gasteiger partial charge in [-0.05, 0) is 33.0 Å². The number of hydrogen-bond acceptors (Lipinski definition) is 4. The first-order chi connectivity index (χ1) is 8.15. The molecule has 0 radical (unpaired) electrons. The summed E-state index contributed by atoms with van der Waals surface area (Å²) in [5.41, 5.74) is -0.695. The van der Waals surface area contributed by atoms with Gasteiger partial charge in [0, 0.05) is 0 Å². The number of nitrogens with zero attached hydrogens (tertiary/aromatic N) is 1. The molecule has 1 unspecified atom stereocenters. The van der Waals surface area contributed by atoms with Crippen LogP contribution in [0, 0.1) is 11.3 Å². The Balaban J connectivity index is 2.72. The van der Waals surface area contributed by atoms with Crippen LogP contribution in [-0.2, 0) is 0 Å². The standard InChI is InChI=1S/C13H18N2O2/c1-4-16-11-7-5-6-8-12(11)17-10-13(2,9-14)15-3/h5-8,15H,4,10H2,1-3H3. The number of benzene rings is 1. The molecule has 0 aliphatic rings. The van der Waals surface area contributed by atoms with Crippen LogP contribution in [0.5, 0.6) is 11.5 Å². The van der Waals surface area contributed by atoms with Gasteiger partial charge in [0.15, 0.2) is 11.5 Å². The molecule has 17 heavy (non-hydrogen) atoms. The van der Waals surface area contributed by atoms with E-state index in [0.717, 1.165) is 0 Å². The fourth-order valence-corrected chi connectivity index (χ4v) is 1.23. The lowest BCUT2D eigenvalue weighted by Crippen LogP contribution is -2.43. The Hall–Kier alpha value is -1.73. The molecule has 0 saturated heterocycles. The zero-order chi connectivity index (χ0) is 12.7. The van der Waals surface area contributed by atoms with Gasteiger partial charge in [0.25, 0.3) is 0 Å². The van der Waals surface area contributed by atoms with Gasteiger partial charge < -0.3 is 9.47 Å². The highest BCUT2D eigenvalue weighted by Gasteiger charge is 2.22. The van der Waals surface area contributed by atoms with Gasteiger partial charge in [-0.2, -0.15) is 5.26 Å². The average Bonchev–Trinajstić information content (AvgIpc) is 2.38. The fraction of sp³-hybridized carbons (Fsp3) is 0.462. The molecular weight excluding hydrogens is 216 g/mol. The smallest absolute Gasteiger partial charge is 0.161 e. The van der Waals surface area contributed by atoms with Gasteiger partial charge in [-0.15, -0.1) is 0 Å². The maximum Gasteiger partial charge on any atom is 0.161 e. The molecule has 0 bridgehead atoms.